The van der Waals surface area contributed by atoms with Crippen LogP contribution >= 0.6 is 0 Å². The molecule has 0 aliphatic heterocycles. The lowest BCUT2D eigenvalue weighted by atomic mass is 10.1. The third-order valence-electron chi connectivity index (χ3n) is 3.66. The number of benzene rings is 2. The Bertz CT molecular complexity index is 839. The highest BCUT2D eigenvalue weighted by molar-refractivity contribution is 6.11. The van der Waals surface area contributed by atoms with E-state index >= 15 is 0 Å². The van der Waals surface area contributed by atoms with Gasteiger partial charge in [0.25, 0.3) is 0 Å². The third-order valence-corrected chi connectivity index (χ3v) is 3.66. The Morgan fingerprint density at radius 3 is 1.82 bits per heavy atom. The highest BCUT2D eigenvalue weighted by Gasteiger charge is 2.17. The number of carbonyl (C=O) groups excluding carboxylic acids is 4. The van der Waals surface area contributed by atoms with Gasteiger partial charge in [-0.2, -0.15) is 0 Å². The van der Waals surface area contributed by atoms with Gasteiger partial charge in [-0.3, -0.25) is 9.59 Å². The van der Waals surface area contributed by atoms with E-state index in [1.54, 1.807) is 44.2 Å². The van der Waals surface area contributed by atoms with Crippen LogP contribution in [0.1, 0.15) is 51.3 Å². The molecule has 0 atom stereocenters. The van der Waals surface area contributed by atoms with Crippen molar-refractivity contribution in [2.75, 3.05) is 18.5 Å². The first-order valence-electron chi connectivity index (χ1n) is 8.82. The molecule has 7 nitrogen and oxygen atoms in total. The molecular weight excluding hydrogens is 362 g/mol. The number of anilines is 1. The second-order valence-corrected chi connectivity index (χ2v) is 5.75. The molecule has 7 heteroatoms. The minimum atomic E-state index is -0.635. The van der Waals surface area contributed by atoms with Crippen molar-refractivity contribution >= 4 is 29.3 Å². The lowest BCUT2D eigenvalue weighted by Crippen LogP contribution is -2.18. The van der Waals surface area contributed by atoms with Gasteiger partial charge in [0, 0.05) is 11.3 Å². The van der Waals surface area contributed by atoms with E-state index in [4.69, 9.17) is 9.47 Å². The molecule has 0 saturated heterocycles. The molecule has 0 radical (unpaired) electrons. The van der Waals surface area contributed by atoms with Crippen LogP contribution in [0.5, 0.6) is 0 Å². The van der Waals surface area contributed by atoms with Crippen LogP contribution in [0.25, 0.3) is 0 Å². The smallest absolute Gasteiger partial charge is 0.338 e. The maximum absolute atomic E-state index is 12.2. The number of ketones is 1. The molecule has 0 fully saturated rings. The Morgan fingerprint density at radius 1 is 0.786 bits per heavy atom. The van der Waals surface area contributed by atoms with E-state index in [0.717, 1.165) is 0 Å². The highest BCUT2D eigenvalue weighted by atomic mass is 16.5. The SMILES string of the molecule is CCOC(=O)c1cc(NC(=O)CC(=O)c2ccccc2)cc(C(=O)OCC)c1. The third kappa shape index (κ3) is 5.77. The van der Waals surface area contributed by atoms with Crippen LogP contribution < -0.4 is 5.32 Å². The number of nitrogens with one attached hydrogen (secondary N) is 1. The van der Waals surface area contributed by atoms with Gasteiger partial charge in [-0.25, -0.2) is 9.59 Å². The Morgan fingerprint density at radius 2 is 1.32 bits per heavy atom. The minimum Gasteiger partial charge on any atom is -0.462 e. The molecule has 28 heavy (non-hydrogen) atoms. The summed E-state index contributed by atoms with van der Waals surface area (Å²) in [5, 5.41) is 2.54. The summed E-state index contributed by atoms with van der Waals surface area (Å²) in [7, 11) is 0. The van der Waals surface area contributed by atoms with E-state index in [1.165, 1.54) is 18.2 Å². The zero-order chi connectivity index (χ0) is 20.5. The van der Waals surface area contributed by atoms with Crippen molar-refractivity contribution in [3.63, 3.8) is 0 Å². The van der Waals surface area contributed by atoms with Gasteiger partial charge in [0.1, 0.15) is 0 Å². The fourth-order valence-corrected chi connectivity index (χ4v) is 2.44. The van der Waals surface area contributed by atoms with Crippen LogP contribution in [0.2, 0.25) is 0 Å². The molecule has 146 valence electrons. The van der Waals surface area contributed by atoms with Crippen molar-refractivity contribution in [2.45, 2.75) is 20.3 Å². The molecule has 2 aromatic carbocycles. The summed E-state index contributed by atoms with van der Waals surface area (Å²) in [6, 6.07) is 12.5. The minimum absolute atomic E-state index is 0.0945. The summed E-state index contributed by atoms with van der Waals surface area (Å²) in [5.41, 5.74) is 0.804. The molecule has 0 aliphatic carbocycles. The molecule has 0 aliphatic rings. The lowest BCUT2D eigenvalue weighted by molar-refractivity contribution is -0.115. The first kappa shape index (κ1) is 20.8. The molecular formula is C21H21NO6. The first-order valence-corrected chi connectivity index (χ1v) is 8.82. The van der Waals surface area contributed by atoms with E-state index in [-0.39, 0.29) is 42.2 Å². The highest BCUT2D eigenvalue weighted by Crippen LogP contribution is 2.18. The van der Waals surface area contributed by atoms with Crippen molar-refractivity contribution in [1.82, 2.24) is 0 Å². The number of ether oxygens (including phenoxy) is 2. The lowest BCUT2D eigenvalue weighted by Gasteiger charge is -2.10. The molecule has 0 bridgehead atoms. The van der Waals surface area contributed by atoms with Gasteiger partial charge in [0.05, 0.1) is 30.8 Å². The standard InChI is InChI=1S/C21H21NO6/c1-3-27-20(25)15-10-16(21(26)28-4-2)12-17(11-15)22-19(24)13-18(23)14-8-6-5-7-9-14/h5-12H,3-4,13H2,1-2H3,(H,22,24). The predicted octanol–water partition coefficient (Wildman–Crippen LogP) is 3.25. The molecule has 1 amide bonds. The van der Waals surface area contributed by atoms with Crippen molar-refractivity contribution in [2.24, 2.45) is 0 Å². The van der Waals surface area contributed by atoms with Crippen LogP contribution in [0.3, 0.4) is 0 Å². The van der Waals surface area contributed by atoms with Crippen LogP contribution in [0.4, 0.5) is 5.69 Å². The van der Waals surface area contributed by atoms with E-state index in [2.05, 4.69) is 5.32 Å². The van der Waals surface area contributed by atoms with Gasteiger partial charge >= 0.3 is 11.9 Å². The summed E-state index contributed by atoms with van der Waals surface area (Å²) in [6.45, 7) is 3.64. The quantitative estimate of drug-likeness (QED) is 0.427. The molecule has 0 aromatic heterocycles. The Labute approximate surface area is 162 Å². The van der Waals surface area contributed by atoms with E-state index < -0.39 is 17.8 Å². The van der Waals surface area contributed by atoms with Gasteiger partial charge in [0.15, 0.2) is 5.78 Å². The molecule has 0 unspecified atom stereocenters. The number of rotatable bonds is 8. The maximum atomic E-state index is 12.2. The van der Waals surface area contributed by atoms with Crippen LogP contribution in [-0.4, -0.2) is 36.8 Å². The summed E-state index contributed by atoms with van der Waals surface area (Å²) in [4.78, 5) is 48.5. The average Bonchev–Trinajstić information content (AvgIpc) is 2.68. The molecule has 2 rings (SSSR count). The fourth-order valence-electron chi connectivity index (χ4n) is 2.44. The molecule has 0 heterocycles. The van der Waals surface area contributed by atoms with E-state index in [1.807, 2.05) is 0 Å². The second kappa shape index (κ2) is 10.0. The number of Topliss-reactive ketones (excluding diaryl/α,β-unsaturated/α-hetero) is 1. The summed E-state index contributed by atoms with van der Waals surface area (Å²) in [5.74, 6) is -2.18. The van der Waals surface area contributed by atoms with Gasteiger partial charge in [-0.15, -0.1) is 0 Å². The van der Waals surface area contributed by atoms with Crippen molar-refractivity contribution < 1.29 is 28.7 Å². The monoisotopic (exact) mass is 383 g/mol. The summed E-state index contributed by atoms with van der Waals surface area (Å²) < 4.78 is 9.89. The second-order valence-electron chi connectivity index (χ2n) is 5.75. The maximum Gasteiger partial charge on any atom is 0.338 e. The normalized spacial score (nSPS) is 10.1. The average molecular weight is 383 g/mol. The molecule has 0 saturated carbocycles. The van der Waals surface area contributed by atoms with E-state index in [0.29, 0.717) is 5.56 Å². The molecule has 2 aromatic rings. The van der Waals surface area contributed by atoms with Gasteiger partial charge in [-0.05, 0) is 32.0 Å². The largest absolute Gasteiger partial charge is 0.462 e. The van der Waals surface area contributed by atoms with E-state index in [9.17, 15) is 19.2 Å². The topological polar surface area (TPSA) is 98.8 Å². The van der Waals surface area contributed by atoms with Gasteiger partial charge < -0.3 is 14.8 Å². The van der Waals surface area contributed by atoms with Crippen LogP contribution in [0, 0.1) is 0 Å². The van der Waals surface area contributed by atoms with Crippen molar-refractivity contribution in [3.05, 3.63) is 65.2 Å². The molecule has 1 N–H and O–H groups in total. The Balaban J connectivity index is 2.20. The van der Waals surface area contributed by atoms with Gasteiger partial charge in [0.2, 0.25) is 5.91 Å². The zero-order valence-electron chi connectivity index (χ0n) is 15.7. The van der Waals surface area contributed by atoms with Crippen molar-refractivity contribution in [3.8, 4) is 0 Å². The summed E-state index contributed by atoms with van der Waals surface area (Å²) in [6.07, 6.45) is -0.373. The fraction of sp³-hybridized carbons (Fsp3) is 0.238. The summed E-state index contributed by atoms with van der Waals surface area (Å²) >= 11 is 0. The first-order chi connectivity index (χ1) is 13.4. The predicted molar refractivity (Wildman–Crippen MR) is 102 cm³/mol. The number of hydrogen-bond acceptors (Lipinski definition) is 6. The van der Waals surface area contributed by atoms with Crippen LogP contribution in [0.15, 0.2) is 48.5 Å². The van der Waals surface area contributed by atoms with Gasteiger partial charge in [-0.1, -0.05) is 30.3 Å². The number of esters is 2. The van der Waals surface area contributed by atoms with Crippen molar-refractivity contribution in [1.29, 1.82) is 0 Å². The number of amides is 1. The number of carbonyl (C=O) groups is 4. The van der Waals surface area contributed by atoms with Crippen LogP contribution in [-0.2, 0) is 14.3 Å². The Kier molecular flexibility index (Phi) is 7.45. The molecule has 0 spiro atoms. The Hall–Kier alpha value is -3.48. The zero-order valence-corrected chi connectivity index (χ0v) is 15.7. The number of hydrogen-bond donors (Lipinski definition) is 1.